The molecule has 1 saturated heterocycles. The first kappa shape index (κ1) is 22.4. The number of rotatable bonds is 5. The number of carbonyl (C=O) groups excluding carboxylic acids is 1. The quantitative estimate of drug-likeness (QED) is 0.702. The van der Waals surface area contributed by atoms with E-state index >= 15 is 0 Å². The number of ether oxygens (including phenoxy) is 1. The van der Waals surface area contributed by atoms with Gasteiger partial charge in [0, 0.05) is 24.3 Å². The minimum atomic E-state index is -3.93. The third kappa shape index (κ3) is 5.05. The van der Waals surface area contributed by atoms with E-state index in [9.17, 15) is 21.6 Å². The van der Waals surface area contributed by atoms with Crippen molar-refractivity contribution in [2.45, 2.75) is 35.8 Å². The molecule has 0 radical (unpaired) electrons. The van der Waals surface area contributed by atoms with E-state index in [1.165, 1.54) is 52.8 Å². The summed E-state index contributed by atoms with van der Waals surface area (Å²) in [6.45, 7) is 4.18. The van der Waals surface area contributed by atoms with E-state index in [4.69, 9.17) is 9.88 Å². The van der Waals surface area contributed by atoms with Gasteiger partial charge in [-0.3, -0.25) is 4.79 Å². The lowest BCUT2D eigenvalue weighted by atomic mass is 10.2. The SMILES string of the molecule is CC1CN(S(=O)(=O)c2ccc(NC(=O)c3cccc(S(N)(=O)=O)c3)cc2)CC(C)O1. The Hall–Kier alpha value is -2.31. The number of morpholine rings is 1. The normalized spacial score (nSPS) is 20.6. The number of benzene rings is 2. The first-order valence-corrected chi connectivity index (χ1v) is 12.2. The van der Waals surface area contributed by atoms with Gasteiger partial charge in [0.25, 0.3) is 5.91 Å². The molecule has 2 aromatic rings. The number of hydrogen-bond acceptors (Lipinski definition) is 6. The molecule has 0 spiro atoms. The molecule has 11 heteroatoms. The van der Waals surface area contributed by atoms with Gasteiger partial charge in [0.15, 0.2) is 0 Å². The summed E-state index contributed by atoms with van der Waals surface area (Å²) in [5.41, 5.74) is 0.471. The Morgan fingerprint density at radius 2 is 1.60 bits per heavy atom. The molecule has 0 bridgehead atoms. The van der Waals surface area contributed by atoms with Crippen molar-refractivity contribution in [1.29, 1.82) is 0 Å². The van der Waals surface area contributed by atoms with Gasteiger partial charge in [-0.05, 0) is 56.3 Å². The lowest BCUT2D eigenvalue weighted by Gasteiger charge is -2.34. The van der Waals surface area contributed by atoms with Crippen molar-refractivity contribution in [3.05, 3.63) is 54.1 Å². The summed E-state index contributed by atoms with van der Waals surface area (Å²) in [5.74, 6) is -0.549. The zero-order valence-corrected chi connectivity index (χ0v) is 18.1. The van der Waals surface area contributed by atoms with Crippen LogP contribution in [0.4, 0.5) is 5.69 Å². The smallest absolute Gasteiger partial charge is 0.255 e. The first-order chi connectivity index (χ1) is 14.0. The van der Waals surface area contributed by atoms with Crippen LogP contribution in [0.2, 0.25) is 0 Å². The Bertz CT molecular complexity index is 1140. The fourth-order valence-electron chi connectivity index (χ4n) is 3.20. The highest BCUT2D eigenvalue weighted by molar-refractivity contribution is 7.89. The molecule has 0 saturated carbocycles. The molecule has 2 unspecified atom stereocenters. The fraction of sp³-hybridized carbons (Fsp3) is 0.316. The molecule has 0 aliphatic carbocycles. The predicted molar refractivity (Wildman–Crippen MR) is 111 cm³/mol. The summed E-state index contributed by atoms with van der Waals surface area (Å²) in [5, 5.41) is 7.69. The molecule has 162 valence electrons. The molecule has 3 N–H and O–H groups in total. The highest BCUT2D eigenvalue weighted by Crippen LogP contribution is 2.23. The average Bonchev–Trinajstić information content (AvgIpc) is 2.67. The maximum atomic E-state index is 12.9. The monoisotopic (exact) mass is 453 g/mol. The highest BCUT2D eigenvalue weighted by Gasteiger charge is 2.32. The second kappa shape index (κ2) is 8.44. The topological polar surface area (TPSA) is 136 Å². The van der Waals surface area contributed by atoms with Crippen LogP contribution in [0, 0.1) is 0 Å². The number of nitrogens with one attached hydrogen (secondary N) is 1. The molecule has 1 aliphatic heterocycles. The number of nitrogens with two attached hydrogens (primary N) is 1. The molecule has 0 aromatic heterocycles. The van der Waals surface area contributed by atoms with E-state index in [-0.39, 0.29) is 40.7 Å². The molecule has 1 heterocycles. The Morgan fingerprint density at radius 1 is 1.00 bits per heavy atom. The maximum absolute atomic E-state index is 12.9. The summed E-state index contributed by atoms with van der Waals surface area (Å²) in [6.07, 6.45) is -0.398. The number of amides is 1. The van der Waals surface area contributed by atoms with Gasteiger partial charge >= 0.3 is 0 Å². The van der Waals surface area contributed by atoms with Crippen LogP contribution in [0.25, 0.3) is 0 Å². The Balaban J connectivity index is 1.75. The van der Waals surface area contributed by atoms with Gasteiger partial charge in [-0.25, -0.2) is 22.0 Å². The minimum Gasteiger partial charge on any atom is -0.373 e. The number of primary sulfonamides is 1. The molecule has 1 fully saturated rings. The van der Waals surface area contributed by atoms with Crippen molar-refractivity contribution >= 4 is 31.6 Å². The van der Waals surface area contributed by atoms with Crippen LogP contribution in [-0.4, -0.2) is 52.3 Å². The molecule has 1 amide bonds. The van der Waals surface area contributed by atoms with Crippen LogP contribution < -0.4 is 10.5 Å². The summed E-state index contributed by atoms with van der Waals surface area (Å²) >= 11 is 0. The summed E-state index contributed by atoms with van der Waals surface area (Å²) in [4.78, 5) is 12.3. The summed E-state index contributed by atoms with van der Waals surface area (Å²) in [6, 6.07) is 11.1. The standard InChI is InChI=1S/C19H23N3O6S2/c1-13-11-22(12-14(2)28-13)30(26,27)17-8-6-16(7-9-17)21-19(23)15-4-3-5-18(10-15)29(20,24)25/h3-10,13-14H,11-12H2,1-2H3,(H,21,23)(H2,20,24,25). The van der Waals surface area contributed by atoms with E-state index in [0.29, 0.717) is 5.69 Å². The second-order valence-electron chi connectivity index (χ2n) is 7.13. The Kier molecular flexibility index (Phi) is 6.29. The van der Waals surface area contributed by atoms with Crippen LogP contribution in [-0.2, 0) is 24.8 Å². The van der Waals surface area contributed by atoms with E-state index in [0.717, 1.165) is 0 Å². The van der Waals surface area contributed by atoms with E-state index in [1.807, 2.05) is 13.8 Å². The second-order valence-corrected chi connectivity index (χ2v) is 10.6. The number of sulfonamides is 2. The van der Waals surface area contributed by atoms with Crippen LogP contribution in [0.1, 0.15) is 24.2 Å². The number of anilines is 1. The predicted octanol–water partition coefficient (Wildman–Crippen LogP) is 1.38. The molecule has 2 aromatic carbocycles. The number of carbonyl (C=O) groups is 1. The molecule has 3 rings (SSSR count). The average molecular weight is 454 g/mol. The lowest BCUT2D eigenvalue weighted by Crippen LogP contribution is -2.48. The Morgan fingerprint density at radius 3 is 2.17 bits per heavy atom. The van der Waals surface area contributed by atoms with E-state index < -0.39 is 26.0 Å². The molecular weight excluding hydrogens is 430 g/mol. The van der Waals surface area contributed by atoms with Crippen molar-refractivity contribution in [3.8, 4) is 0 Å². The highest BCUT2D eigenvalue weighted by atomic mass is 32.2. The molecule has 30 heavy (non-hydrogen) atoms. The molecule has 2 atom stereocenters. The van der Waals surface area contributed by atoms with Crippen LogP contribution in [0.15, 0.2) is 58.3 Å². The van der Waals surface area contributed by atoms with Gasteiger partial charge in [-0.2, -0.15) is 4.31 Å². The van der Waals surface area contributed by atoms with Gasteiger partial charge < -0.3 is 10.1 Å². The first-order valence-electron chi connectivity index (χ1n) is 9.17. The number of hydrogen-bond donors (Lipinski definition) is 2. The minimum absolute atomic E-state index is 0.106. The van der Waals surface area contributed by atoms with Crippen molar-refractivity contribution in [1.82, 2.24) is 4.31 Å². The van der Waals surface area contributed by atoms with Crippen LogP contribution >= 0.6 is 0 Å². The van der Waals surface area contributed by atoms with E-state index in [1.54, 1.807) is 0 Å². The summed E-state index contributed by atoms with van der Waals surface area (Å²) in [7, 11) is -7.62. The van der Waals surface area contributed by atoms with Gasteiger partial charge in [0.05, 0.1) is 22.0 Å². The van der Waals surface area contributed by atoms with Crippen molar-refractivity contribution in [2.24, 2.45) is 5.14 Å². The zero-order chi connectivity index (χ0) is 22.1. The fourth-order valence-corrected chi connectivity index (χ4v) is 5.35. The number of nitrogens with zero attached hydrogens (tertiary/aromatic N) is 1. The zero-order valence-electron chi connectivity index (χ0n) is 16.5. The molecular formula is C19H23N3O6S2. The van der Waals surface area contributed by atoms with Gasteiger partial charge in [-0.15, -0.1) is 0 Å². The third-order valence-corrected chi connectivity index (χ3v) is 7.32. The van der Waals surface area contributed by atoms with Gasteiger partial charge in [0.2, 0.25) is 20.0 Å². The van der Waals surface area contributed by atoms with Gasteiger partial charge in [-0.1, -0.05) is 6.07 Å². The van der Waals surface area contributed by atoms with E-state index in [2.05, 4.69) is 5.32 Å². The van der Waals surface area contributed by atoms with Crippen LogP contribution in [0.5, 0.6) is 0 Å². The van der Waals surface area contributed by atoms with Crippen LogP contribution in [0.3, 0.4) is 0 Å². The maximum Gasteiger partial charge on any atom is 0.255 e. The van der Waals surface area contributed by atoms with Crippen molar-refractivity contribution in [2.75, 3.05) is 18.4 Å². The van der Waals surface area contributed by atoms with Crippen molar-refractivity contribution in [3.63, 3.8) is 0 Å². The summed E-state index contributed by atoms with van der Waals surface area (Å²) < 4.78 is 55.6. The van der Waals surface area contributed by atoms with Crippen molar-refractivity contribution < 1.29 is 26.4 Å². The largest absolute Gasteiger partial charge is 0.373 e. The van der Waals surface area contributed by atoms with Gasteiger partial charge in [0.1, 0.15) is 0 Å². The Labute approximate surface area is 175 Å². The molecule has 1 aliphatic rings. The lowest BCUT2D eigenvalue weighted by molar-refractivity contribution is -0.0440. The molecule has 9 nitrogen and oxygen atoms in total. The third-order valence-electron chi connectivity index (χ3n) is 4.56.